The molecular formula is C23H22N2O5. The highest BCUT2D eigenvalue weighted by atomic mass is 16.5. The van der Waals surface area contributed by atoms with Crippen LogP contribution < -0.4 is 19.7 Å². The number of benzene rings is 2. The number of ether oxygens (including phenoxy) is 3. The van der Waals surface area contributed by atoms with E-state index in [2.05, 4.69) is 5.32 Å². The Kier molecular flexibility index (Phi) is 4.29. The Morgan fingerprint density at radius 2 is 1.70 bits per heavy atom. The fourth-order valence-corrected chi connectivity index (χ4v) is 4.68. The SMILES string of the molecule is COc1ccc(NC(=O)[C@H]2[C@H]3C(=O)N(c4ccc(OC)cc4)C[C@@]34C=C[C@H]2O4)cc1. The molecule has 154 valence electrons. The lowest BCUT2D eigenvalue weighted by atomic mass is 9.77. The van der Waals surface area contributed by atoms with Gasteiger partial charge in [0.2, 0.25) is 11.8 Å². The van der Waals surface area contributed by atoms with Gasteiger partial charge in [0.15, 0.2) is 0 Å². The van der Waals surface area contributed by atoms with Crippen molar-refractivity contribution in [1.29, 1.82) is 0 Å². The molecule has 3 aliphatic heterocycles. The number of hydrogen-bond donors (Lipinski definition) is 1. The first kappa shape index (κ1) is 18.7. The van der Waals surface area contributed by atoms with E-state index < -0.39 is 23.5 Å². The predicted octanol–water partition coefficient (Wildman–Crippen LogP) is 2.63. The van der Waals surface area contributed by atoms with Gasteiger partial charge in [-0.3, -0.25) is 9.59 Å². The summed E-state index contributed by atoms with van der Waals surface area (Å²) in [7, 11) is 3.19. The molecule has 0 unspecified atom stereocenters. The molecule has 1 N–H and O–H groups in total. The second-order valence-corrected chi connectivity index (χ2v) is 7.74. The Hall–Kier alpha value is -3.32. The number of nitrogens with zero attached hydrogens (tertiary/aromatic N) is 1. The second-order valence-electron chi connectivity index (χ2n) is 7.74. The van der Waals surface area contributed by atoms with Crippen LogP contribution in [0.3, 0.4) is 0 Å². The Balaban J connectivity index is 1.39. The summed E-state index contributed by atoms with van der Waals surface area (Å²) in [6, 6.07) is 14.4. The number of amides is 2. The number of methoxy groups -OCH3 is 2. The third-order valence-electron chi connectivity index (χ3n) is 6.14. The molecule has 0 aromatic heterocycles. The van der Waals surface area contributed by atoms with Gasteiger partial charge in [-0.2, -0.15) is 0 Å². The van der Waals surface area contributed by atoms with E-state index in [0.29, 0.717) is 18.0 Å². The third kappa shape index (κ3) is 2.77. The quantitative estimate of drug-likeness (QED) is 0.773. The van der Waals surface area contributed by atoms with Crippen molar-refractivity contribution in [2.24, 2.45) is 11.8 Å². The number of nitrogens with one attached hydrogen (secondary N) is 1. The maximum atomic E-state index is 13.4. The van der Waals surface area contributed by atoms with Crippen LogP contribution in [0.4, 0.5) is 11.4 Å². The van der Waals surface area contributed by atoms with E-state index >= 15 is 0 Å². The van der Waals surface area contributed by atoms with E-state index in [4.69, 9.17) is 14.2 Å². The molecule has 7 heteroatoms. The molecule has 7 nitrogen and oxygen atoms in total. The lowest BCUT2D eigenvalue weighted by Gasteiger charge is -2.23. The molecule has 2 aromatic carbocycles. The molecule has 3 heterocycles. The molecule has 2 bridgehead atoms. The average molecular weight is 406 g/mol. The van der Waals surface area contributed by atoms with Gasteiger partial charge in [0.25, 0.3) is 0 Å². The molecular weight excluding hydrogens is 384 g/mol. The van der Waals surface area contributed by atoms with Gasteiger partial charge in [0.05, 0.1) is 38.7 Å². The van der Waals surface area contributed by atoms with Crippen molar-refractivity contribution >= 4 is 23.2 Å². The van der Waals surface area contributed by atoms with Gasteiger partial charge < -0.3 is 24.4 Å². The molecule has 2 saturated heterocycles. The van der Waals surface area contributed by atoms with Gasteiger partial charge in [0.1, 0.15) is 17.1 Å². The van der Waals surface area contributed by atoms with Gasteiger partial charge in [-0.25, -0.2) is 0 Å². The molecule has 4 atom stereocenters. The van der Waals surface area contributed by atoms with E-state index in [1.165, 1.54) is 0 Å². The zero-order valence-corrected chi connectivity index (χ0v) is 16.7. The summed E-state index contributed by atoms with van der Waals surface area (Å²) in [5.41, 5.74) is 0.655. The Morgan fingerprint density at radius 1 is 1.07 bits per heavy atom. The van der Waals surface area contributed by atoms with E-state index in [9.17, 15) is 9.59 Å². The van der Waals surface area contributed by atoms with Crippen LogP contribution in [0.1, 0.15) is 0 Å². The maximum absolute atomic E-state index is 13.4. The zero-order chi connectivity index (χ0) is 20.9. The fourth-order valence-electron chi connectivity index (χ4n) is 4.68. The van der Waals surface area contributed by atoms with Crippen LogP contribution in [0.15, 0.2) is 60.7 Å². The van der Waals surface area contributed by atoms with Gasteiger partial charge in [-0.05, 0) is 48.5 Å². The summed E-state index contributed by atoms with van der Waals surface area (Å²) in [4.78, 5) is 28.2. The van der Waals surface area contributed by atoms with Crippen LogP contribution in [-0.2, 0) is 14.3 Å². The van der Waals surface area contributed by atoms with Gasteiger partial charge >= 0.3 is 0 Å². The number of carbonyl (C=O) groups excluding carboxylic acids is 2. The van der Waals surface area contributed by atoms with Gasteiger partial charge in [-0.15, -0.1) is 0 Å². The summed E-state index contributed by atoms with van der Waals surface area (Å²) in [5, 5.41) is 2.92. The topological polar surface area (TPSA) is 77.1 Å². The Labute approximate surface area is 174 Å². The van der Waals surface area contributed by atoms with E-state index in [1.54, 1.807) is 43.4 Å². The van der Waals surface area contributed by atoms with Crippen molar-refractivity contribution in [2.45, 2.75) is 11.7 Å². The van der Waals surface area contributed by atoms with Crippen molar-refractivity contribution in [3.63, 3.8) is 0 Å². The number of anilines is 2. The summed E-state index contributed by atoms with van der Waals surface area (Å²) < 4.78 is 16.5. The highest BCUT2D eigenvalue weighted by Gasteiger charge is 2.67. The highest BCUT2D eigenvalue weighted by molar-refractivity contribution is 6.05. The lowest BCUT2D eigenvalue weighted by Crippen LogP contribution is -2.41. The van der Waals surface area contributed by atoms with Crippen LogP contribution in [0.25, 0.3) is 0 Å². The number of rotatable bonds is 5. The largest absolute Gasteiger partial charge is 0.497 e. The summed E-state index contributed by atoms with van der Waals surface area (Å²) in [6.07, 6.45) is 3.45. The minimum absolute atomic E-state index is 0.0955. The van der Waals surface area contributed by atoms with Crippen molar-refractivity contribution in [3.8, 4) is 11.5 Å². The summed E-state index contributed by atoms with van der Waals surface area (Å²) >= 11 is 0. The smallest absolute Gasteiger partial charge is 0.234 e. The van der Waals surface area contributed by atoms with Crippen LogP contribution in [-0.4, -0.2) is 44.3 Å². The molecule has 1 spiro atoms. The van der Waals surface area contributed by atoms with Crippen molar-refractivity contribution in [3.05, 3.63) is 60.7 Å². The van der Waals surface area contributed by atoms with E-state index in [-0.39, 0.29) is 11.8 Å². The van der Waals surface area contributed by atoms with Crippen LogP contribution in [0.2, 0.25) is 0 Å². The van der Waals surface area contributed by atoms with Gasteiger partial charge in [-0.1, -0.05) is 12.2 Å². The monoisotopic (exact) mass is 406 g/mol. The molecule has 5 rings (SSSR count). The van der Waals surface area contributed by atoms with Gasteiger partial charge in [0, 0.05) is 11.4 Å². The highest BCUT2D eigenvalue weighted by Crippen LogP contribution is 2.52. The average Bonchev–Trinajstić information content (AvgIpc) is 3.42. The first-order valence-corrected chi connectivity index (χ1v) is 9.82. The first-order valence-electron chi connectivity index (χ1n) is 9.82. The van der Waals surface area contributed by atoms with Crippen molar-refractivity contribution in [2.75, 3.05) is 31.0 Å². The molecule has 0 aliphatic carbocycles. The molecule has 2 amide bonds. The Bertz CT molecular complexity index is 1020. The third-order valence-corrected chi connectivity index (χ3v) is 6.14. The Morgan fingerprint density at radius 3 is 2.33 bits per heavy atom. The van der Waals surface area contributed by atoms with Crippen LogP contribution >= 0.6 is 0 Å². The minimum Gasteiger partial charge on any atom is -0.497 e. The summed E-state index contributed by atoms with van der Waals surface area (Å²) in [6.45, 7) is 0.391. The summed E-state index contributed by atoms with van der Waals surface area (Å²) in [5.74, 6) is -0.00857. The number of fused-ring (bicyclic) bond motifs is 1. The molecule has 3 aliphatic rings. The van der Waals surface area contributed by atoms with Crippen LogP contribution in [0, 0.1) is 11.8 Å². The molecule has 0 radical (unpaired) electrons. The van der Waals surface area contributed by atoms with Crippen molar-refractivity contribution in [1.82, 2.24) is 0 Å². The van der Waals surface area contributed by atoms with Crippen molar-refractivity contribution < 1.29 is 23.8 Å². The minimum atomic E-state index is -0.760. The number of hydrogen-bond acceptors (Lipinski definition) is 5. The molecule has 2 aromatic rings. The predicted molar refractivity (Wildman–Crippen MR) is 111 cm³/mol. The molecule has 0 saturated carbocycles. The van der Waals surface area contributed by atoms with E-state index in [1.807, 2.05) is 36.4 Å². The van der Waals surface area contributed by atoms with E-state index in [0.717, 1.165) is 11.4 Å². The zero-order valence-electron chi connectivity index (χ0n) is 16.7. The maximum Gasteiger partial charge on any atom is 0.234 e. The molecule has 30 heavy (non-hydrogen) atoms. The fraction of sp³-hybridized carbons (Fsp3) is 0.304. The standard InChI is InChI=1S/C23H22N2O5/c1-28-16-7-3-14(4-8-16)24-21(26)19-18-11-12-23(30-18)13-25(22(27)20(19)23)15-5-9-17(29-2)10-6-15/h3-12,18-20H,13H2,1-2H3,(H,24,26)/t18-,19-,20+,23+/m1/s1. The second kappa shape index (κ2) is 6.88. The number of carbonyl (C=O) groups is 2. The molecule has 2 fully saturated rings. The first-order chi connectivity index (χ1) is 14.5. The lowest BCUT2D eigenvalue weighted by molar-refractivity contribution is -0.128. The normalized spacial score (nSPS) is 28.5. The van der Waals surface area contributed by atoms with Crippen LogP contribution in [0.5, 0.6) is 11.5 Å².